The van der Waals surface area contributed by atoms with Crippen molar-refractivity contribution >= 4 is 44.8 Å². The maximum absolute atomic E-state index is 14.1. The monoisotopic (exact) mass is 869 g/mol. The van der Waals surface area contributed by atoms with Crippen molar-refractivity contribution in [2.24, 2.45) is 0 Å². The number of benzene rings is 2. The second-order valence-electron chi connectivity index (χ2n) is 15.4. The summed E-state index contributed by atoms with van der Waals surface area (Å²) in [4.78, 5) is 30.2. The first kappa shape index (κ1) is 49.0. The molecule has 0 fully saturated rings. The molecule has 0 bridgehead atoms. The number of carbonyl (C=O) groups is 2. The molecular formula is C45H67N5O8S2. The zero-order valence-electron chi connectivity index (χ0n) is 36.9. The highest BCUT2D eigenvalue weighted by molar-refractivity contribution is 8.77. The molecule has 2 aromatic rings. The molecule has 0 saturated heterocycles. The summed E-state index contributed by atoms with van der Waals surface area (Å²) in [5.74, 6) is 1.77. The fourth-order valence-electron chi connectivity index (χ4n) is 6.97. The molecule has 0 radical (unpaired) electrons. The highest BCUT2D eigenvalue weighted by Crippen LogP contribution is 2.41. The lowest BCUT2D eigenvalue weighted by Gasteiger charge is -2.34. The Labute approximate surface area is 365 Å². The molecule has 2 heterocycles. The van der Waals surface area contributed by atoms with Crippen molar-refractivity contribution in [2.75, 3.05) is 89.9 Å². The lowest BCUT2D eigenvalue weighted by molar-refractivity contribution is -0.121. The van der Waals surface area contributed by atoms with Crippen molar-refractivity contribution < 1.29 is 38.0 Å². The predicted octanol–water partition coefficient (Wildman–Crippen LogP) is 7.53. The van der Waals surface area contributed by atoms with Crippen LogP contribution in [0.5, 0.6) is 11.5 Å². The molecule has 2 aromatic carbocycles. The quantitative estimate of drug-likeness (QED) is 0.0443. The van der Waals surface area contributed by atoms with Gasteiger partial charge in [-0.05, 0) is 94.5 Å². The Morgan fingerprint density at radius 1 is 1.05 bits per heavy atom. The van der Waals surface area contributed by atoms with Crippen LogP contribution in [0.3, 0.4) is 0 Å². The number of rotatable bonds is 28. The Morgan fingerprint density at radius 2 is 1.78 bits per heavy atom. The number of allylic oxidation sites excluding steroid dienone is 3. The molecule has 2 amide bonds. The summed E-state index contributed by atoms with van der Waals surface area (Å²) in [5.41, 5.74) is 11.5. The first-order valence-corrected chi connectivity index (χ1v) is 23.1. The minimum atomic E-state index is -0.145. The molecule has 2 aliphatic heterocycles. The van der Waals surface area contributed by atoms with Crippen LogP contribution >= 0.6 is 21.6 Å². The molecule has 2 aliphatic rings. The molecule has 60 heavy (non-hydrogen) atoms. The van der Waals surface area contributed by atoms with E-state index >= 15 is 0 Å². The van der Waals surface area contributed by atoms with E-state index < -0.39 is 0 Å². The molecule has 0 saturated carbocycles. The lowest BCUT2D eigenvalue weighted by atomic mass is 10.1. The average Bonchev–Trinajstić information content (AvgIpc) is 3.51. The van der Waals surface area contributed by atoms with E-state index in [-0.39, 0.29) is 35.3 Å². The Kier molecular flexibility index (Phi) is 20.6. The fraction of sp³-hybridized carbons (Fsp3) is 0.556. The number of nitrogens with zero attached hydrogens (tertiary/aromatic N) is 2. The van der Waals surface area contributed by atoms with Gasteiger partial charge in [-0.2, -0.15) is 0 Å². The number of ether oxygens (including phenoxy) is 6. The number of hydrogen-bond acceptors (Lipinski definition) is 13. The minimum Gasteiger partial charge on any atom is -0.493 e. The van der Waals surface area contributed by atoms with Crippen molar-refractivity contribution in [3.05, 3.63) is 83.1 Å². The van der Waals surface area contributed by atoms with E-state index in [9.17, 15) is 9.59 Å². The van der Waals surface area contributed by atoms with E-state index in [0.717, 1.165) is 53.2 Å². The van der Waals surface area contributed by atoms with Gasteiger partial charge in [-0.1, -0.05) is 40.3 Å². The SMILES string of the molecule is C=CC1=C(/C=C\C)C[C@H]2CNc3cc(OCc4cc(COC(C)C)cc(N(CCOCCOCCOC)CC(C)(C)SSCCCC(=O)NNC)c4)c(OC)cc3C(=O)N12. The van der Waals surface area contributed by atoms with Gasteiger partial charge in [0.1, 0.15) is 6.61 Å². The van der Waals surface area contributed by atoms with Gasteiger partial charge in [0, 0.05) is 68.2 Å². The number of anilines is 2. The first-order valence-electron chi connectivity index (χ1n) is 20.7. The number of nitrogens with one attached hydrogen (secondary N) is 3. The van der Waals surface area contributed by atoms with Gasteiger partial charge in [-0.25, -0.2) is 5.43 Å². The lowest BCUT2D eigenvalue weighted by Crippen LogP contribution is -2.38. The zero-order chi connectivity index (χ0) is 43.5. The Morgan fingerprint density at radius 3 is 2.47 bits per heavy atom. The molecule has 4 rings (SSSR count). The highest BCUT2D eigenvalue weighted by atomic mass is 33.1. The van der Waals surface area contributed by atoms with Crippen molar-refractivity contribution in [3.8, 4) is 11.5 Å². The van der Waals surface area contributed by atoms with Gasteiger partial charge < -0.3 is 43.5 Å². The zero-order valence-corrected chi connectivity index (χ0v) is 38.5. The van der Waals surface area contributed by atoms with Crippen LogP contribution < -0.4 is 30.5 Å². The number of hydrogen-bond donors (Lipinski definition) is 3. The van der Waals surface area contributed by atoms with Crippen LogP contribution in [0.2, 0.25) is 0 Å². The highest BCUT2D eigenvalue weighted by Gasteiger charge is 2.38. The van der Waals surface area contributed by atoms with Gasteiger partial charge in [-0.3, -0.25) is 15.0 Å². The van der Waals surface area contributed by atoms with Crippen LogP contribution in [0.25, 0.3) is 0 Å². The van der Waals surface area contributed by atoms with Gasteiger partial charge in [0.05, 0.1) is 70.1 Å². The fourth-order valence-corrected chi connectivity index (χ4v) is 9.56. The van der Waals surface area contributed by atoms with E-state index in [2.05, 4.69) is 65.8 Å². The summed E-state index contributed by atoms with van der Waals surface area (Å²) < 4.78 is 35.1. The van der Waals surface area contributed by atoms with Gasteiger partial charge >= 0.3 is 0 Å². The summed E-state index contributed by atoms with van der Waals surface area (Å²) in [5, 5.41) is 3.52. The normalized spacial score (nSPS) is 15.2. The standard InChI is InChI=1S/C45H67N5O8S2/c1-10-13-35-25-37-28-47-39-27-42(41(54-9)26-38(39)44(52)50(37)40(35)11-2)58-30-34-22-33(29-57-32(3)4)23-36(24-34)49(15-16-55-19-20-56-18-17-53-8)31-45(5,6)60-59-21-12-14-43(51)48-46-7/h10-11,13,22-24,26-27,32,37,46-47H,2,12,14-21,25,28-31H2,1,3-9H3,(H,48,51)/b13-10-/t37-/m0/s1. The summed E-state index contributed by atoms with van der Waals surface area (Å²) in [6, 6.07) is 10.1. The number of hydrazine groups is 1. The smallest absolute Gasteiger partial charge is 0.260 e. The maximum Gasteiger partial charge on any atom is 0.260 e. The molecule has 13 nitrogen and oxygen atoms in total. The Balaban J connectivity index is 1.56. The van der Waals surface area contributed by atoms with Crippen LogP contribution in [0, 0.1) is 0 Å². The predicted molar refractivity (Wildman–Crippen MR) is 245 cm³/mol. The first-order chi connectivity index (χ1) is 28.9. The van der Waals surface area contributed by atoms with Crippen molar-refractivity contribution in [1.29, 1.82) is 0 Å². The van der Waals surface area contributed by atoms with Crippen molar-refractivity contribution in [3.63, 3.8) is 0 Å². The number of carbonyl (C=O) groups excluding carboxylic acids is 2. The van der Waals surface area contributed by atoms with Gasteiger partial charge in [0.15, 0.2) is 11.5 Å². The van der Waals surface area contributed by atoms with Crippen LogP contribution in [-0.2, 0) is 37.0 Å². The topological polar surface area (TPSA) is 132 Å². The van der Waals surface area contributed by atoms with Crippen LogP contribution in [-0.4, -0.2) is 113 Å². The molecule has 332 valence electrons. The molecule has 15 heteroatoms. The number of fused-ring (bicyclic) bond motifs is 2. The number of methoxy groups -OCH3 is 2. The van der Waals surface area contributed by atoms with Gasteiger partial charge in [-0.15, -0.1) is 0 Å². The third-order valence-electron chi connectivity index (χ3n) is 9.69. The molecule has 0 unspecified atom stereocenters. The second kappa shape index (κ2) is 25.3. The maximum atomic E-state index is 14.1. The van der Waals surface area contributed by atoms with Gasteiger partial charge in [0.25, 0.3) is 5.91 Å². The van der Waals surface area contributed by atoms with E-state index in [4.69, 9.17) is 28.4 Å². The minimum absolute atomic E-state index is 0.00908. The molecule has 3 N–H and O–H groups in total. The van der Waals surface area contributed by atoms with Crippen LogP contribution in [0.4, 0.5) is 11.4 Å². The Hall–Kier alpha value is -3.70. The average molecular weight is 870 g/mol. The molecule has 0 spiro atoms. The van der Waals surface area contributed by atoms with E-state index in [1.54, 1.807) is 44.2 Å². The molecular weight excluding hydrogens is 803 g/mol. The van der Waals surface area contributed by atoms with Crippen molar-refractivity contribution in [2.45, 2.75) is 84.0 Å². The third kappa shape index (κ3) is 15.0. The third-order valence-corrected chi connectivity index (χ3v) is 13.1. The Bertz CT molecular complexity index is 1770. The van der Waals surface area contributed by atoms with Crippen LogP contribution in [0.15, 0.2) is 66.4 Å². The van der Waals surface area contributed by atoms with E-state index in [0.29, 0.717) is 81.9 Å². The van der Waals surface area contributed by atoms with E-state index in [1.165, 1.54) is 0 Å². The largest absolute Gasteiger partial charge is 0.493 e. The van der Waals surface area contributed by atoms with Gasteiger partial charge in [0.2, 0.25) is 5.91 Å². The summed E-state index contributed by atoms with van der Waals surface area (Å²) >= 11 is 0. The summed E-state index contributed by atoms with van der Waals surface area (Å²) in [6.07, 6.45) is 7.89. The van der Waals surface area contributed by atoms with E-state index in [1.807, 2.05) is 48.6 Å². The second-order valence-corrected chi connectivity index (χ2v) is 18.6. The van der Waals surface area contributed by atoms with Crippen molar-refractivity contribution in [1.82, 2.24) is 15.8 Å². The van der Waals surface area contributed by atoms with Crippen LogP contribution in [0.1, 0.15) is 75.4 Å². The molecule has 0 aromatic heterocycles. The summed E-state index contributed by atoms with van der Waals surface area (Å²) in [7, 11) is 8.55. The molecule has 0 aliphatic carbocycles. The molecule has 1 atom stereocenters. The number of amides is 2. The summed E-state index contributed by atoms with van der Waals surface area (Å²) in [6.45, 7) is 19.8.